The van der Waals surface area contributed by atoms with E-state index in [-0.39, 0.29) is 19.8 Å². The Morgan fingerprint density at radius 3 is 2.39 bits per heavy atom. The molecule has 0 unspecified atom stereocenters. The Kier molecular flexibility index (Phi) is 7.65. The predicted molar refractivity (Wildman–Crippen MR) is 109 cm³/mol. The first-order valence-electron chi connectivity index (χ1n) is 10.4. The molecule has 4 rings (SSSR count). The Morgan fingerprint density at radius 2 is 1.68 bits per heavy atom. The van der Waals surface area contributed by atoms with E-state index in [1.165, 1.54) is 0 Å². The van der Waals surface area contributed by atoms with Crippen LogP contribution in [0.2, 0.25) is 0 Å². The van der Waals surface area contributed by atoms with E-state index in [1.54, 1.807) is 0 Å². The Labute approximate surface area is 180 Å². The van der Waals surface area contributed by atoms with Crippen molar-refractivity contribution in [1.82, 2.24) is 0 Å². The Balaban J connectivity index is 1.49. The molecule has 2 aliphatic heterocycles. The van der Waals surface area contributed by atoms with Crippen LogP contribution >= 0.6 is 0 Å². The zero-order valence-corrected chi connectivity index (χ0v) is 17.0. The summed E-state index contributed by atoms with van der Waals surface area (Å²) in [7, 11) is 0. The third-order valence-corrected chi connectivity index (χ3v) is 5.33. The van der Waals surface area contributed by atoms with Gasteiger partial charge in [0.1, 0.15) is 30.5 Å². The molecule has 2 saturated heterocycles. The largest absolute Gasteiger partial charge is 0.394 e. The lowest BCUT2D eigenvalue weighted by molar-refractivity contribution is -0.368. The quantitative estimate of drug-likeness (QED) is 0.570. The Hall–Kier alpha value is -1.88. The van der Waals surface area contributed by atoms with E-state index >= 15 is 0 Å². The molecule has 0 bridgehead atoms. The fraction of sp³-hybridized carbons (Fsp3) is 0.478. The number of fused-ring (bicyclic) bond motifs is 1. The molecule has 2 aromatic carbocycles. The van der Waals surface area contributed by atoms with Crippen molar-refractivity contribution in [1.29, 1.82) is 0 Å². The van der Waals surface area contributed by atoms with Crippen LogP contribution in [-0.4, -0.2) is 72.0 Å². The van der Waals surface area contributed by atoms with Crippen LogP contribution in [0.25, 0.3) is 0 Å². The third kappa shape index (κ3) is 5.49. The standard InChI is InChI=1S/C23H28O8/c24-11-17(25)13-28-23-19(26)21(27-12-15-7-3-1-4-8-15)20-18(30-23)14-29-22(31-20)16-9-5-2-6-10-16/h1-10,17-26H,11-14H2/t17-,18-,19-,20+,21-,22+,23-/m1/s1. The molecule has 0 spiro atoms. The van der Waals surface area contributed by atoms with E-state index in [2.05, 4.69) is 0 Å². The monoisotopic (exact) mass is 432 g/mol. The maximum absolute atomic E-state index is 10.9. The van der Waals surface area contributed by atoms with E-state index in [9.17, 15) is 10.2 Å². The van der Waals surface area contributed by atoms with Crippen LogP contribution in [0.15, 0.2) is 60.7 Å². The highest BCUT2D eigenvalue weighted by atomic mass is 16.8. The molecule has 2 heterocycles. The summed E-state index contributed by atoms with van der Waals surface area (Å²) in [5.41, 5.74) is 1.82. The number of aliphatic hydroxyl groups is 3. The van der Waals surface area contributed by atoms with Gasteiger partial charge < -0.3 is 39.0 Å². The summed E-state index contributed by atoms with van der Waals surface area (Å²) in [6, 6.07) is 19.2. The van der Waals surface area contributed by atoms with Crippen molar-refractivity contribution in [3.05, 3.63) is 71.8 Å². The average Bonchev–Trinajstić information content (AvgIpc) is 2.83. The molecule has 8 heteroatoms. The molecule has 0 amide bonds. The number of rotatable bonds is 8. The van der Waals surface area contributed by atoms with E-state index < -0.39 is 49.7 Å². The Morgan fingerprint density at radius 1 is 0.968 bits per heavy atom. The minimum Gasteiger partial charge on any atom is -0.394 e. The van der Waals surface area contributed by atoms with Crippen LogP contribution < -0.4 is 0 Å². The topological polar surface area (TPSA) is 107 Å². The van der Waals surface area contributed by atoms with Gasteiger partial charge in [-0.3, -0.25) is 0 Å². The minimum atomic E-state index is -1.16. The van der Waals surface area contributed by atoms with Gasteiger partial charge in [0, 0.05) is 5.56 Å². The van der Waals surface area contributed by atoms with Gasteiger partial charge >= 0.3 is 0 Å². The smallest absolute Gasteiger partial charge is 0.186 e. The van der Waals surface area contributed by atoms with Crippen molar-refractivity contribution >= 4 is 0 Å². The molecular weight excluding hydrogens is 404 g/mol. The van der Waals surface area contributed by atoms with Crippen molar-refractivity contribution in [3.63, 3.8) is 0 Å². The minimum absolute atomic E-state index is 0.185. The lowest BCUT2D eigenvalue weighted by atomic mass is 9.97. The van der Waals surface area contributed by atoms with Crippen LogP contribution in [0.4, 0.5) is 0 Å². The molecule has 0 radical (unpaired) electrons. The van der Waals surface area contributed by atoms with Crippen molar-refractivity contribution in [2.45, 2.75) is 49.7 Å². The SMILES string of the molecule is OC[C@@H](O)CO[C@@H]1O[C@@H]2CO[C@H](c3ccccc3)O[C@@H]2[C@H](OCc2ccccc2)[C@H]1O. The van der Waals surface area contributed by atoms with E-state index in [4.69, 9.17) is 28.8 Å². The van der Waals surface area contributed by atoms with Crippen LogP contribution in [0.3, 0.4) is 0 Å². The first kappa shape index (κ1) is 22.3. The highest BCUT2D eigenvalue weighted by Gasteiger charge is 2.50. The highest BCUT2D eigenvalue weighted by Crippen LogP contribution is 2.36. The fourth-order valence-corrected chi connectivity index (χ4v) is 3.70. The lowest BCUT2D eigenvalue weighted by Gasteiger charge is -2.47. The van der Waals surface area contributed by atoms with Crippen LogP contribution in [0.1, 0.15) is 17.4 Å². The number of aliphatic hydroxyl groups excluding tert-OH is 3. The van der Waals surface area contributed by atoms with Crippen molar-refractivity contribution in [2.24, 2.45) is 0 Å². The summed E-state index contributed by atoms with van der Waals surface area (Å²) >= 11 is 0. The van der Waals surface area contributed by atoms with Crippen molar-refractivity contribution < 1.29 is 39.0 Å². The maximum atomic E-state index is 10.9. The summed E-state index contributed by atoms with van der Waals surface area (Å²) < 4.78 is 29.5. The first-order chi connectivity index (χ1) is 15.2. The van der Waals surface area contributed by atoms with E-state index in [1.807, 2.05) is 60.7 Å². The van der Waals surface area contributed by atoms with Gasteiger partial charge in [0.15, 0.2) is 12.6 Å². The second-order valence-electron chi connectivity index (χ2n) is 7.64. The van der Waals surface area contributed by atoms with E-state index in [0.717, 1.165) is 11.1 Å². The average molecular weight is 432 g/mol. The van der Waals surface area contributed by atoms with Gasteiger partial charge in [0.25, 0.3) is 0 Å². The van der Waals surface area contributed by atoms with Gasteiger partial charge in [-0.2, -0.15) is 0 Å². The van der Waals surface area contributed by atoms with Gasteiger partial charge in [-0.05, 0) is 5.56 Å². The molecular formula is C23H28O8. The summed E-state index contributed by atoms with van der Waals surface area (Å²) in [6.07, 6.45) is -5.74. The molecule has 31 heavy (non-hydrogen) atoms. The zero-order valence-electron chi connectivity index (χ0n) is 17.0. The van der Waals surface area contributed by atoms with Crippen molar-refractivity contribution in [2.75, 3.05) is 19.8 Å². The second-order valence-corrected chi connectivity index (χ2v) is 7.64. The molecule has 2 aliphatic rings. The highest BCUT2D eigenvalue weighted by molar-refractivity contribution is 5.17. The van der Waals surface area contributed by atoms with E-state index in [0.29, 0.717) is 0 Å². The molecule has 7 atom stereocenters. The van der Waals surface area contributed by atoms with Crippen LogP contribution in [0.5, 0.6) is 0 Å². The van der Waals surface area contributed by atoms with Gasteiger partial charge in [-0.15, -0.1) is 0 Å². The molecule has 2 fully saturated rings. The molecule has 0 saturated carbocycles. The first-order valence-corrected chi connectivity index (χ1v) is 10.4. The lowest BCUT2D eigenvalue weighted by Crippen LogP contribution is -2.63. The third-order valence-electron chi connectivity index (χ3n) is 5.33. The summed E-state index contributed by atoms with van der Waals surface area (Å²) in [5.74, 6) is 0. The number of hydrogen-bond donors (Lipinski definition) is 3. The fourth-order valence-electron chi connectivity index (χ4n) is 3.70. The van der Waals surface area contributed by atoms with Gasteiger partial charge in [0.05, 0.1) is 26.4 Å². The molecule has 0 aromatic heterocycles. The second kappa shape index (κ2) is 10.6. The van der Waals surface area contributed by atoms with Gasteiger partial charge in [0.2, 0.25) is 0 Å². The summed E-state index contributed by atoms with van der Waals surface area (Å²) in [4.78, 5) is 0. The summed E-state index contributed by atoms with van der Waals surface area (Å²) in [5, 5.41) is 29.6. The molecule has 8 nitrogen and oxygen atoms in total. The molecule has 2 aromatic rings. The normalized spacial score (nSPS) is 31.7. The van der Waals surface area contributed by atoms with Gasteiger partial charge in [-0.25, -0.2) is 0 Å². The zero-order chi connectivity index (χ0) is 21.6. The van der Waals surface area contributed by atoms with Crippen LogP contribution in [0, 0.1) is 0 Å². The predicted octanol–water partition coefficient (Wildman–Crippen LogP) is 1.14. The van der Waals surface area contributed by atoms with Gasteiger partial charge in [-0.1, -0.05) is 60.7 Å². The van der Waals surface area contributed by atoms with Crippen molar-refractivity contribution in [3.8, 4) is 0 Å². The molecule has 168 valence electrons. The molecule has 0 aliphatic carbocycles. The van der Waals surface area contributed by atoms with Crippen LogP contribution in [-0.2, 0) is 30.3 Å². The Bertz CT molecular complexity index is 789. The number of ether oxygens (including phenoxy) is 5. The number of benzene rings is 2. The summed E-state index contributed by atoms with van der Waals surface area (Å²) in [6.45, 7) is -0.133. The number of hydrogen-bond acceptors (Lipinski definition) is 8. The molecule has 3 N–H and O–H groups in total. The maximum Gasteiger partial charge on any atom is 0.186 e.